The van der Waals surface area contributed by atoms with Crippen LogP contribution in [0.1, 0.15) is 28.3 Å². The Morgan fingerprint density at radius 3 is 2.85 bits per heavy atom. The molecule has 5 heteroatoms. The molecule has 1 aliphatic carbocycles. The van der Waals surface area contributed by atoms with Crippen molar-refractivity contribution in [3.63, 3.8) is 0 Å². The lowest BCUT2D eigenvalue weighted by atomic mass is 9.70. The Balaban J connectivity index is 2.06. The molecular weight excluding hydrogens is 258 g/mol. The van der Waals surface area contributed by atoms with Gasteiger partial charge in [-0.2, -0.15) is 0 Å². The van der Waals surface area contributed by atoms with Crippen LogP contribution < -0.4 is 10.1 Å². The van der Waals surface area contributed by atoms with E-state index in [1.54, 1.807) is 13.2 Å². The van der Waals surface area contributed by atoms with Gasteiger partial charge in [-0.1, -0.05) is 6.07 Å². The first-order valence-electron chi connectivity index (χ1n) is 6.69. The van der Waals surface area contributed by atoms with Gasteiger partial charge in [0, 0.05) is 23.9 Å². The van der Waals surface area contributed by atoms with Gasteiger partial charge in [0.15, 0.2) is 5.78 Å². The van der Waals surface area contributed by atoms with Gasteiger partial charge in [-0.25, -0.2) is 0 Å². The molecular formula is C15H17NO4. The lowest BCUT2D eigenvalue weighted by Gasteiger charge is -2.40. The Morgan fingerprint density at radius 1 is 1.35 bits per heavy atom. The lowest BCUT2D eigenvalue weighted by Crippen LogP contribution is -2.53. The summed E-state index contributed by atoms with van der Waals surface area (Å²) in [7, 11) is 2.97. The minimum absolute atomic E-state index is 0.0141. The van der Waals surface area contributed by atoms with Crippen LogP contribution in [-0.2, 0) is 9.53 Å². The number of esters is 1. The molecule has 2 aliphatic rings. The molecule has 0 radical (unpaired) electrons. The Bertz CT molecular complexity index is 569. The third kappa shape index (κ3) is 1.89. The van der Waals surface area contributed by atoms with E-state index in [1.165, 1.54) is 7.11 Å². The van der Waals surface area contributed by atoms with Gasteiger partial charge in [0.25, 0.3) is 0 Å². The molecule has 1 aliphatic heterocycles. The molecule has 0 unspecified atom stereocenters. The van der Waals surface area contributed by atoms with E-state index in [4.69, 9.17) is 9.47 Å². The number of carbonyl (C=O) groups excluding carboxylic acids is 2. The zero-order chi connectivity index (χ0) is 14.3. The summed E-state index contributed by atoms with van der Waals surface area (Å²) < 4.78 is 10.0. The van der Waals surface area contributed by atoms with Gasteiger partial charge in [0.05, 0.1) is 14.2 Å². The van der Waals surface area contributed by atoms with Crippen molar-refractivity contribution in [3.05, 3.63) is 29.3 Å². The summed E-state index contributed by atoms with van der Waals surface area (Å²) in [4.78, 5) is 24.3. The number of piperidine rings is 1. The van der Waals surface area contributed by atoms with Crippen molar-refractivity contribution < 1.29 is 19.1 Å². The predicted octanol–water partition coefficient (Wildman–Crippen LogP) is 1.13. The Morgan fingerprint density at radius 2 is 2.15 bits per heavy atom. The number of nitrogens with one attached hydrogen (secondary N) is 1. The van der Waals surface area contributed by atoms with Crippen molar-refractivity contribution in [2.24, 2.45) is 5.92 Å². The topological polar surface area (TPSA) is 64.6 Å². The highest BCUT2D eigenvalue weighted by atomic mass is 16.5. The SMILES string of the molecule is COC(=O)[C@@H]1NC[C@H]2C[C@@H]1c1ccc(OC)cc1C2=O. The van der Waals surface area contributed by atoms with Gasteiger partial charge < -0.3 is 14.8 Å². The van der Waals surface area contributed by atoms with Crippen LogP contribution in [0.25, 0.3) is 0 Å². The van der Waals surface area contributed by atoms with Crippen molar-refractivity contribution in [3.8, 4) is 5.75 Å². The van der Waals surface area contributed by atoms with E-state index in [0.717, 1.165) is 5.56 Å². The molecule has 1 aromatic carbocycles. The monoisotopic (exact) mass is 275 g/mol. The first-order chi connectivity index (χ1) is 9.65. The number of ketones is 1. The quantitative estimate of drug-likeness (QED) is 0.820. The van der Waals surface area contributed by atoms with E-state index in [9.17, 15) is 9.59 Å². The second kappa shape index (κ2) is 4.90. The van der Waals surface area contributed by atoms with Crippen LogP contribution >= 0.6 is 0 Å². The van der Waals surface area contributed by atoms with Crippen molar-refractivity contribution in [2.75, 3.05) is 20.8 Å². The molecule has 1 saturated heterocycles. The highest BCUT2D eigenvalue weighted by Crippen LogP contribution is 2.41. The molecule has 1 N–H and O–H groups in total. The number of hydrogen-bond donors (Lipinski definition) is 1. The Kier molecular flexibility index (Phi) is 3.22. The summed E-state index contributed by atoms with van der Waals surface area (Å²) in [5, 5.41) is 3.15. The first-order valence-corrected chi connectivity index (χ1v) is 6.69. The zero-order valence-corrected chi connectivity index (χ0v) is 11.5. The molecule has 0 spiro atoms. The Hall–Kier alpha value is -1.88. The average Bonchev–Trinajstić information content (AvgIpc) is 2.51. The van der Waals surface area contributed by atoms with E-state index in [-0.39, 0.29) is 29.6 Å². The van der Waals surface area contributed by atoms with E-state index in [2.05, 4.69) is 5.32 Å². The maximum Gasteiger partial charge on any atom is 0.323 e. The number of fused-ring (bicyclic) bond motifs is 4. The van der Waals surface area contributed by atoms with E-state index in [1.807, 2.05) is 12.1 Å². The maximum atomic E-state index is 12.4. The second-order valence-electron chi connectivity index (χ2n) is 5.27. The molecule has 20 heavy (non-hydrogen) atoms. The minimum Gasteiger partial charge on any atom is -0.497 e. The summed E-state index contributed by atoms with van der Waals surface area (Å²) in [5.41, 5.74) is 1.59. The fourth-order valence-electron chi connectivity index (χ4n) is 3.24. The summed E-state index contributed by atoms with van der Waals surface area (Å²) in [6.45, 7) is 0.520. The van der Waals surface area contributed by atoms with E-state index in [0.29, 0.717) is 24.3 Å². The molecule has 0 saturated carbocycles. The fourth-order valence-corrected chi connectivity index (χ4v) is 3.24. The smallest absolute Gasteiger partial charge is 0.323 e. The number of Topliss-reactive ketones (excluding diaryl/α,β-unsaturated/α-hetero) is 1. The number of ether oxygens (including phenoxy) is 2. The fraction of sp³-hybridized carbons (Fsp3) is 0.467. The minimum atomic E-state index is -0.378. The highest BCUT2D eigenvalue weighted by Gasteiger charge is 2.44. The third-order valence-electron chi connectivity index (χ3n) is 4.28. The van der Waals surface area contributed by atoms with Crippen molar-refractivity contribution >= 4 is 11.8 Å². The number of methoxy groups -OCH3 is 2. The molecule has 1 aromatic rings. The number of benzene rings is 1. The van der Waals surface area contributed by atoms with Gasteiger partial charge in [-0.3, -0.25) is 9.59 Å². The number of rotatable bonds is 2. The molecule has 1 fully saturated rings. The summed E-state index contributed by atoms with van der Waals surface area (Å²) in [5.74, 6) is 0.440. The second-order valence-corrected chi connectivity index (χ2v) is 5.27. The Labute approximate surface area is 117 Å². The van der Waals surface area contributed by atoms with Crippen LogP contribution in [0.2, 0.25) is 0 Å². The van der Waals surface area contributed by atoms with Crippen LogP contribution in [0.4, 0.5) is 0 Å². The number of carbonyl (C=O) groups is 2. The standard InChI is InChI=1S/C15H17NO4/c1-19-9-3-4-10-11-5-8(14(17)12(10)6-9)7-16-13(11)15(18)20-2/h3-4,6,8,11,13,16H,5,7H2,1-2H3/t8-,11-,13-/m1/s1. The van der Waals surface area contributed by atoms with Crippen LogP contribution in [0, 0.1) is 5.92 Å². The van der Waals surface area contributed by atoms with Gasteiger partial charge in [-0.05, 0) is 24.1 Å². The summed E-state index contributed by atoms with van der Waals surface area (Å²) in [6, 6.07) is 5.11. The van der Waals surface area contributed by atoms with Crippen molar-refractivity contribution in [1.82, 2.24) is 5.32 Å². The van der Waals surface area contributed by atoms with Crippen LogP contribution in [0.3, 0.4) is 0 Å². The molecule has 3 atom stereocenters. The van der Waals surface area contributed by atoms with Gasteiger partial charge in [0.1, 0.15) is 11.8 Å². The van der Waals surface area contributed by atoms with Gasteiger partial charge >= 0.3 is 5.97 Å². The normalized spacial score (nSPS) is 27.7. The predicted molar refractivity (Wildman–Crippen MR) is 72.0 cm³/mol. The lowest BCUT2D eigenvalue weighted by molar-refractivity contribution is -0.144. The molecule has 1 heterocycles. The van der Waals surface area contributed by atoms with E-state index < -0.39 is 0 Å². The van der Waals surface area contributed by atoms with E-state index >= 15 is 0 Å². The number of hydrogen-bond acceptors (Lipinski definition) is 5. The van der Waals surface area contributed by atoms with Gasteiger partial charge in [0.2, 0.25) is 0 Å². The summed E-state index contributed by atoms with van der Waals surface area (Å²) in [6.07, 6.45) is 0.699. The molecule has 5 nitrogen and oxygen atoms in total. The molecule has 3 rings (SSSR count). The van der Waals surface area contributed by atoms with Crippen molar-refractivity contribution in [1.29, 1.82) is 0 Å². The van der Waals surface area contributed by atoms with Crippen LogP contribution in [0.5, 0.6) is 5.75 Å². The molecule has 0 amide bonds. The molecule has 106 valence electrons. The molecule has 0 aromatic heterocycles. The average molecular weight is 275 g/mol. The maximum absolute atomic E-state index is 12.4. The highest BCUT2D eigenvalue weighted by molar-refractivity contribution is 6.02. The van der Waals surface area contributed by atoms with Crippen LogP contribution in [0.15, 0.2) is 18.2 Å². The molecule has 2 bridgehead atoms. The zero-order valence-electron chi connectivity index (χ0n) is 11.5. The third-order valence-corrected chi connectivity index (χ3v) is 4.28. The largest absolute Gasteiger partial charge is 0.497 e. The van der Waals surface area contributed by atoms with Crippen LogP contribution in [-0.4, -0.2) is 38.6 Å². The first kappa shape index (κ1) is 13.1. The van der Waals surface area contributed by atoms with Crippen molar-refractivity contribution in [2.45, 2.75) is 18.4 Å². The van der Waals surface area contributed by atoms with Gasteiger partial charge in [-0.15, -0.1) is 0 Å². The summed E-state index contributed by atoms with van der Waals surface area (Å²) >= 11 is 0.